The molecule has 2 saturated carbocycles. The van der Waals surface area contributed by atoms with Gasteiger partial charge in [0.1, 0.15) is 0 Å². The van der Waals surface area contributed by atoms with Crippen molar-refractivity contribution in [2.24, 2.45) is 17.8 Å². The summed E-state index contributed by atoms with van der Waals surface area (Å²) in [6.07, 6.45) is 6.18. The molecule has 4 fully saturated rings. The van der Waals surface area contributed by atoms with Crippen LogP contribution in [0.1, 0.15) is 39.0 Å². The maximum atomic E-state index is 11.5. The second-order valence-corrected chi connectivity index (χ2v) is 6.62. The quantitative estimate of drug-likeness (QED) is 0.761. The van der Waals surface area contributed by atoms with E-state index in [1.165, 1.54) is 0 Å². The predicted molar refractivity (Wildman–Crippen MR) is 63.1 cm³/mol. The van der Waals surface area contributed by atoms with Gasteiger partial charge in [0, 0.05) is 5.92 Å². The summed E-state index contributed by atoms with van der Waals surface area (Å²) in [5.41, 5.74) is -0.159. The molecule has 0 amide bonds. The van der Waals surface area contributed by atoms with Crippen molar-refractivity contribution in [3.8, 4) is 0 Å². The summed E-state index contributed by atoms with van der Waals surface area (Å²) < 4.78 is 11.4. The number of carboxylic acids is 1. The molecule has 0 spiro atoms. The molecule has 1 N–H and O–H groups in total. The number of carbonyl (C=O) groups is 1. The molecule has 0 bridgehead atoms. The van der Waals surface area contributed by atoms with Gasteiger partial charge in [-0.2, -0.15) is 0 Å². The Hall–Kier alpha value is -0.610. The normalized spacial score (nSPS) is 57.4. The van der Waals surface area contributed by atoms with E-state index in [0.717, 1.165) is 32.1 Å². The minimum absolute atomic E-state index is 0.159. The zero-order valence-corrected chi connectivity index (χ0v) is 10.7. The van der Waals surface area contributed by atoms with Gasteiger partial charge in [0.15, 0.2) is 0 Å². The third kappa shape index (κ3) is 1.48. The van der Waals surface area contributed by atoms with Crippen LogP contribution >= 0.6 is 0 Å². The number of ether oxygens (including phenoxy) is 2. The molecule has 2 saturated heterocycles. The van der Waals surface area contributed by atoms with E-state index >= 15 is 0 Å². The molecule has 0 aromatic heterocycles. The summed E-state index contributed by atoms with van der Waals surface area (Å²) in [7, 11) is 0. The van der Waals surface area contributed by atoms with Crippen LogP contribution < -0.4 is 0 Å². The van der Waals surface area contributed by atoms with E-state index < -0.39 is 5.97 Å². The molecular weight excluding hydrogens is 232 g/mol. The van der Waals surface area contributed by atoms with Gasteiger partial charge in [0.2, 0.25) is 0 Å². The average molecular weight is 252 g/mol. The van der Waals surface area contributed by atoms with Gasteiger partial charge >= 0.3 is 5.97 Å². The van der Waals surface area contributed by atoms with E-state index in [9.17, 15) is 9.90 Å². The SMILES string of the molecule is CC12OC1CCC(C(=O)O)C2C1CCC2OC2C1. The first-order chi connectivity index (χ1) is 8.59. The lowest BCUT2D eigenvalue weighted by atomic mass is 9.63. The Morgan fingerprint density at radius 1 is 1.22 bits per heavy atom. The minimum atomic E-state index is -0.631. The van der Waals surface area contributed by atoms with E-state index in [2.05, 4.69) is 6.92 Å². The van der Waals surface area contributed by atoms with Crippen molar-refractivity contribution in [3.63, 3.8) is 0 Å². The summed E-state index contributed by atoms with van der Waals surface area (Å²) in [5, 5.41) is 9.48. The molecule has 0 aromatic carbocycles. The fourth-order valence-electron chi connectivity index (χ4n) is 4.66. The van der Waals surface area contributed by atoms with Crippen LogP contribution in [0.15, 0.2) is 0 Å². The number of carboxylic acid groups (broad SMARTS) is 1. The monoisotopic (exact) mass is 252 g/mol. The molecule has 4 rings (SSSR count). The average Bonchev–Trinajstić information content (AvgIpc) is 3.19. The topological polar surface area (TPSA) is 62.4 Å². The van der Waals surface area contributed by atoms with Gasteiger partial charge in [-0.3, -0.25) is 4.79 Å². The Labute approximate surface area is 107 Å². The first kappa shape index (κ1) is 11.2. The van der Waals surface area contributed by atoms with E-state index in [-0.39, 0.29) is 17.4 Å². The lowest BCUT2D eigenvalue weighted by Gasteiger charge is -2.38. The van der Waals surface area contributed by atoms with Gasteiger partial charge in [-0.15, -0.1) is 0 Å². The van der Waals surface area contributed by atoms with Crippen LogP contribution in [0.3, 0.4) is 0 Å². The molecule has 7 atom stereocenters. The van der Waals surface area contributed by atoms with E-state index in [1.54, 1.807) is 0 Å². The van der Waals surface area contributed by atoms with Crippen molar-refractivity contribution in [3.05, 3.63) is 0 Å². The molecule has 4 aliphatic rings. The van der Waals surface area contributed by atoms with Crippen molar-refractivity contribution in [1.82, 2.24) is 0 Å². The van der Waals surface area contributed by atoms with Gasteiger partial charge in [0.25, 0.3) is 0 Å². The van der Waals surface area contributed by atoms with Crippen molar-refractivity contribution < 1.29 is 19.4 Å². The summed E-state index contributed by atoms with van der Waals surface area (Å²) in [5.74, 6) is -0.174. The van der Waals surface area contributed by atoms with Crippen molar-refractivity contribution in [2.45, 2.75) is 62.9 Å². The van der Waals surface area contributed by atoms with Crippen molar-refractivity contribution in [2.75, 3.05) is 0 Å². The second-order valence-electron chi connectivity index (χ2n) is 6.62. The number of fused-ring (bicyclic) bond motifs is 2. The van der Waals surface area contributed by atoms with Gasteiger partial charge in [0.05, 0.1) is 29.8 Å². The summed E-state index contributed by atoms with van der Waals surface area (Å²) in [6, 6.07) is 0. The lowest BCUT2D eigenvalue weighted by molar-refractivity contribution is -0.147. The Bertz CT molecular complexity index is 395. The fraction of sp³-hybridized carbons (Fsp3) is 0.929. The largest absolute Gasteiger partial charge is 0.481 e. The Kier molecular flexibility index (Phi) is 2.17. The first-order valence-corrected chi connectivity index (χ1v) is 7.15. The highest BCUT2D eigenvalue weighted by Crippen LogP contribution is 2.59. The van der Waals surface area contributed by atoms with Gasteiger partial charge in [-0.1, -0.05) is 0 Å². The fourth-order valence-corrected chi connectivity index (χ4v) is 4.66. The van der Waals surface area contributed by atoms with Gasteiger partial charge in [-0.25, -0.2) is 0 Å². The molecule has 0 aromatic rings. The van der Waals surface area contributed by atoms with Crippen LogP contribution in [-0.2, 0) is 14.3 Å². The van der Waals surface area contributed by atoms with Gasteiger partial charge in [-0.05, 0) is 44.9 Å². The van der Waals surface area contributed by atoms with Crippen LogP contribution in [0.2, 0.25) is 0 Å². The highest BCUT2D eigenvalue weighted by molar-refractivity contribution is 5.71. The standard InChI is InChI=1S/C14H20O4/c1-14-11(18-14)5-3-8(13(15)16)12(14)7-2-4-9-10(6-7)17-9/h7-12H,2-6H2,1H3,(H,15,16). The number of epoxide rings is 2. The second kappa shape index (κ2) is 3.48. The van der Waals surface area contributed by atoms with E-state index in [1.807, 2.05) is 0 Å². The maximum Gasteiger partial charge on any atom is 0.306 e. The number of rotatable bonds is 2. The smallest absolute Gasteiger partial charge is 0.306 e. The van der Waals surface area contributed by atoms with Crippen LogP contribution in [0.25, 0.3) is 0 Å². The molecule has 7 unspecified atom stereocenters. The van der Waals surface area contributed by atoms with Crippen LogP contribution in [0, 0.1) is 17.8 Å². The zero-order chi connectivity index (χ0) is 12.5. The Morgan fingerprint density at radius 3 is 2.78 bits per heavy atom. The Balaban J connectivity index is 1.59. The third-order valence-electron chi connectivity index (χ3n) is 5.68. The Morgan fingerprint density at radius 2 is 2.06 bits per heavy atom. The number of hydrogen-bond donors (Lipinski definition) is 1. The molecule has 18 heavy (non-hydrogen) atoms. The number of hydrogen-bond acceptors (Lipinski definition) is 3. The highest BCUT2D eigenvalue weighted by atomic mass is 16.6. The molecule has 2 aliphatic carbocycles. The van der Waals surface area contributed by atoms with Gasteiger partial charge < -0.3 is 14.6 Å². The zero-order valence-electron chi connectivity index (χ0n) is 10.7. The van der Waals surface area contributed by atoms with Crippen LogP contribution in [0.5, 0.6) is 0 Å². The summed E-state index contributed by atoms with van der Waals surface area (Å²) >= 11 is 0. The van der Waals surface area contributed by atoms with Crippen molar-refractivity contribution >= 4 is 5.97 Å². The van der Waals surface area contributed by atoms with Crippen LogP contribution in [0.4, 0.5) is 0 Å². The molecule has 100 valence electrons. The molecule has 0 radical (unpaired) electrons. The first-order valence-electron chi connectivity index (χ1n) is 7.15. The highest BCUT2D eigenvalue weighted by Gasteiger charge is 2.65. The maximum absolute atomic E-state index is 11.5. The molecular formula is C14H20O4. The molecule has 4 nitrogen and oxygen atoms in total. The minimum Gasteiger partial charge on any atom is -0.481 e. The van der Waals surface area contributed by atoms with Crippen LogP contribution in [-0.4, -0.2) is 35.0 Å². The predicted octanol–water partition coefficient (Wildman–Crippen LogP) is 1.82. The lowest BCUT2D eigenvalue weighted by Crippen LogP contribution is -2.44. The summed E-state index contributed by atoms with van der Waals surface area (Å²) in [6.45, 7) is 2.12. The molecule has 2 heterocycles. The molecule has 4 heteroatoms. The van der Waals surface area contributed by atoms with Crippen molar-refractivity contribution in [1.29, 1.82) is 0 Å². The van der Waals surface area contributed by atoms with E-state index in [4.69, 9.17) is 9.47 Å². The molecule has 2 aliphatic heterocycles. The number of aliphatic carboxylic acids is 1. The van der Waals surface area contributed by atoms with E-state index in [0.29, 0.717) is 24.2 Å². The summed E-state index contributed by atoms with van der Waals surface area (Å²) in [4.78, 5) is 11.5. The third-order valence-corrected chi connectivity index (χ3v) is 5.68.